The predicted octanol–water partition coefficient (Wildman–Crippen LogP) is 7.43. The summed E-state index contributed by atoms with van der Waals surface area (Å²) in [5, 5.41) is 11.3. The lowest BCUT2D eigenvalue weighted by Gasteiger charge is -2.42. The largest absolute Gasteiger partial charge is 0.446 e. The zero-order chi connectivity index (χ0) is 33.0. The molecule has 2 rings (SSSR count). The Hall–Kier alpha value is -4.15. The zero-order valence-electron chi connectivity index (χ0n) is 27.3. The first-order chi connectivity index (χ1) is 20.5. The first-order valence-corrected chi connectivity index (χ1v) is 14.7. The van der Waals surface area contributed by atoms with Crippen molar-refractivity contribution >= 4 is 18.7 Å². The number of nitrogens with zero attached hydrogens (tertiary/aromatic N) is 3. The van der Waals surface area contributed by atoms with Crippen LogP contribution in [0.2, 0.25) is 0 Å². The molecule has 0 saturated carbocycles. The van der Waals surface area contributed by atoms with Crippen LogP contribution in [0.3, 0.4) is 0 Å². The Morgan fingerprint density at radius 2 is 1.88 bits per heavy atom. The molecule has 1 heterocycles. The molecule has 3 unspecified atom stereocenters. The number of benzene rings is 1. The van der Waals surface area contributed by atoms with E-state index < -0.39 is 29.6 Å². The number of likely N-dealkylation sites (N-methyl/N-ethyl adjacent to an activating group) is 1. The Bertz CT molecular complexity index is 1190. The lowest BCUT2D eigenvalue weighted by molar-refractivity contribution is -0.140. The van der Waals surface area contributed by atoms with Crippen molar-refractivity contribution in [2.24, 2.45) is 10.9 Å². The molecule has 1 aliphatic rings. The summed E-state index contributed by atoms with van der Waals surface area (Å²) >= 11 is 0. The number of aliphatic hydroxyl groups excluding tert-OH is 1. The van der Waals surface area contributed by atoms with Gasteiger partial charge >= 0.3 is 6.09 Å². The molecule has 1 fully saturated rings. The smallest absolute Gasteiger partial charge is 0.416 e. The van der Waals surface area contributed by atoms with Crippen LogP contribution in [0.4, 0.5) is 4.79 Å². The second-order valence-electron chi connectivity index (χ2n) is 9.86. The molecule has 1 aromatic rings. The van der Waals surface area contributed by atoms with E-state index in [1.165, 1.54) is 0 Å². The average Bonchev–Trinajstić information content (AvgIpc) is 2.99. The molecule has 0 radical (unpaired) electrons. The molecule has 2 amide bonds. The van der Waals surface area contributed by atoms with Gasteiger partial charge in [-0.3, -0.25) is 9.79 Å². The number of aliphatic hydroxyl groups is 1. The molecule has 1 N–H and O–H groups in total. The van der Waals surface area contributed by atoms with Gasteiger partial charge in [0.2, 0.25) is 5.91 Å². The van der Waals surface area contributed by atoms with Gasteiger partial charge in [0.25, 0.3) is 0 Å². The molecule has 43 heavy (non-hydrogen) atoms. The minimum Gasteiger partial charge on any atom is -0.446 e. The van der Waals surface area contributed by atoms with Gasteiger partial charge in [-0.1, -0.05) is 80.5 Å². The van der Waals surface area contributed by atoms with Crippen molar-refractivity contribution in [3.8, 4) is 12.3 Å². The van der Waals surface area contributed by atoms with Gasteiger partial charge in [-0.25, -0.2) is 9.69 Å². The molecule has 3 atom stereocenters. The van der Waals surface area contributed by atoms with E-state index >= 15 is 0 Å². The third-order valence-corrected chi connectivity index (χ3v) is 6.55. The molecule has 7 nitrogen and oxygen atoms in total. The second-order valence-corrected chi connectivity index (χ2v) is 9.86. The third kappa shape index (κ3) is 10.9. The molecule has 1 aromatic carbocycles. The topological polar surface area (TPSA) is 82.4 Å². The molecular formula is C36H51N3O4. The van der Waals surface area contributed by atoms with Gasteiger partial charge in [-0.15, -0.1) is 13.0 Å². The average molecular weight is 590 g/mol. The molecular weight excluding hydrogens is 538 g/mol. The predicted molar refractivity (Wildman–Crippen MR) is 179 cm³/mol. The summed E-state index contributed by atoms with van der Waals surface area (Å²) in [6.07, 6.45) is 16.9. The second kappa shape index (κ2) is 20.7. The van der Waals surface area contributed by atoms with Crippen molar-refractivity contribution < 1.29 is 19.4 Å². The first kappa shape index (κ1) is 38.9. The minimum absolute atomic E-state index is 0.224. The van der Waals surface area contributed by atoms with E-state index in [0.29, 0.717) is 12.8 Å². The van der Waals surface area contributed by atoms with E-state index in [1.807, 2.05) is 89.1 Å². The number of terminal acetylenes is 1. The van der Waals surface area contributed by atoms with Crippen molar-refractivity contribution in [3.05, 3.63) is 96.4 Å². The Morgan fingerprint density at radius 3 is 2.40 bits per heavy atom. The Balaban J connectivity index is 0.00000331. The summed E-state index contributed by atoms with van der Waals surface area (Å²) in [5.74, 6) is 1.17. The normalized spacial score (nSPS) is 17.6. The van der Waals surface area contributed by atoms with Crippen molar-refractivity contribution in [1.29, 1.82) is 0 Å². The van der Waals surface area contributed by atoms with E-state index in [4.69, 9.17) is 11.2 Å². The van der Waals surface area contributed by atoms with Crippen molar-refractivity contribution in [2.45, 2.75) is 79.1 Å². The first-order valence-electron chi connectivity index (χ1n) is 14.7. The standard InChI is InChI=1S/C31H39N3O4.C3H6.C2H6/c1-8-10-12-16-24(5)31(20-9-2,25-17-13-11-14-18-25)33(7)22-27(32-6)28(35)26-19-15-21-34(29(26)36)30(37)38-23(3)4;1-3-2;1-2/h1,9-14,16-18,20,22-23,26,28,35H,6,15,19,21H2,2-5,7H3;3H,1H2,2H3;1-2H3/b12-10-,20-9+,24-16+,27-22-;;. The van der Waals surface area contributed by atoms with Gasteiger partial charge in [0.1, 0.15) is 11.6 Å². The van der Waals surface area contributed by atoms with Crippen LogP contribution in [-0.2, 0) is 15.1 Å². The lowest BCUT2D eigenvalue weighted by atomic mass is 9.81. The number of allylic oxidation sites excluding steroid dienone is 5. The fourth-order valence-electron chi connectivity index (χ4n) is 4.72. The monoisotopic (exact) mass is 589 g/mol. The van der Waals surface area contributed by atoms with Crippen molar-refractivity contribution in [1.82, 2.24) is 9.80 Å². The van der Waals surface area contributed by atoms with Crippen LogP contribution < -0.4 is 0 Å². The number of rotatable bonds is 10. The van der Waals surface area contributed by atoms with E-state index in [2.05, 4.69) is 30.3 Å². The molecule has 1 aliphatic heterocycles. The third-order valence-electron chi connectivity index (χ3n) is 6.55. The summed E-state index contributed by atoms with van der Waals surface area (Å²) in [5.41, 5.74) is 1.41. The van der Waals surface area contributed by atoms with E-state index in [1.54, 1.807) is 38.3 Å². The summed E-state index contributed by atoms with van der Waals surface area (Å²) in [7, 11) is 1.88. The highest BCUT2D eigenvalue weighted by molar-refractivity contribution is 5.94. The summed E-state index contributed by atoms with van der Waals surface area (Å²) in [6, 6.07) is 9.91. The maximum Gasteiger partial charge on any atom is 0.416 e. The molecule has 0 aromatic heterocycles. The number of piperidine rings is 1. The zero-order valence-corrected chi connectivity index (χ0v) is 27.3. The molecule has 1 saturated heterocycles. The Labute approximate surface area is 260 Å². The number of aliphatic imine (C=N–C) groups is 1. The van der Waals surface area contributed by atoms with Gasteiger partial charge in [-0.2, -0.15) is 0 Å². The number of hydrogen-bond donors (Lipinski definition) is 1. The van der Waals surface area contributed by atoms with Crippen molar-refractivity contribution in [3.63, 3.8) is 0 Å². The highest BCUT2D eigenvalue weighted by Gasteiger charge is 2.40. The summed E-state index contributed by atoms with van der Waals surface area (Å²) in [6.45, 7) is 20.5. The van der Waals surface area contributed by atoms with Crippen LogP contribution in [0.5, 0.6) is 0 Å². The van der Waals surface area contributed by atoms with Gasteiger partial charge in [0.05, 0.1) is 17.7 Å². The van der Waals surface area contributed by atoms with Crippen LogP contribution in [0.1, 0.15) is 66.9 Å². The minimum atomic E-state index is -1.26. The van der Waals surface area contributed by atoms with Crippen LogP contribution >= 0.6 is 0 Å². The number of carbonyl (C=O) groups excluding carboxylic acids is 2. The summed E-state index contributed by atoms with van der Waals surface area (Å²) in [4.78, 5) is 32.8. The number of ether oxygens (including phenoxy) is 1. The highest BCUT2D eigenvalue weighted by atomic mass is 16.6. The molecule has 234 valence electrons. The quantitative estimate of drug-likeness (QED) is 0.133. The number of likely N-dealkylation sites (tertiary alicyclic amines) is 1. The van der Waals surface area contributed by atoms with Crippen LogP contribution in [0.15, 0.2) is 95.8 Å². The Kier molecular flexibility index (Phi) is 18.7. The molecule has 0 aliphatic carbocycles. The van der Waals surface area contributed by atoms with Crippen LogP contribution in [0, 0.1) is 18.3 Å². The maximum absolute atomic E-state index is 13.2. The van der Waals surface area contributed by atoms with E-state index in [9.17, 15) is 14.7 Å². The highest BCUT2D eigenvalue weighted by Crippen LogP contribution is 2.38. The van der Waals surface area contributed by atoms with E-state index in [0.717, 1.165) is 16.0 Å². The maximum atomic E-state index is 13.2. The van der Waals surface area contributed by atoms with Gasteiger partial charge in [-0.05, 0) is 71.4 Å². The van der Waals surface area contributed by atoms with Crippen LogP contribution in [-0.4, -0.2) is 59.4 Å². The Morgan fingerprint density at radius 1 is 1.28 bits per heavy atom. The number of carbonyl (C=O) groups is 2. The fourth-order valence-corrected chi connectivity index (χ4v) is 4.72. The number of imide groups is 1. The van der Waals surface area contributed by atoms with Gasteiger partial charge < -0.3 is 14.7 Å². The van der Waals surface area contributed by atoms with Gasteiger partial charge in [0.15, 0.2) is 0 Å². The van der Waals surface area contributed by atoms with Crippen LogP contribution in [0.25, 0.3) is 0 Å². The lowest BCUT2D eigenvalue weighted by Crippen LogP contribution is -2.49. The fraction of sp³-hybridized carbons (Fsp3) is 0.417. The number of hydrogen-bond acceptors (Lipinski definition) is 6. The molecule has 0 spiro atoms. The number of amides is 2. The van der Waals surface area contributed by atoms with E-state index in [-0.39, 0.29) is 18.3 Å². The molecule has 0 bridgehead atoms. The molecule has 7 heteroatoms. The van der Waals surface area contributed by atoms with Crippen molar-refractivity contribution in [2.75, 3.05) is 13.6 Å². The summed E-state index contributed by atoms with van der Waals surface area (Å²) < 4.78 is 5.22. The SMILES string of the molecule is C#C/C=C\C=C(/C)C(/C=C/C)(c1ccccc1)N(C)/C=C(\N=C)C(O)C1CCCN(C(=O)OC(C)C)C1=O.C=CC.CC. The van der Waals surface area contributed by atoms with Gasteiger partial charge in [0, 0.05) is 19.8 Å².